The molecule has 0 amide bonds. The molecule has 1 N–H and O–H groups in total. The van der Waals surface area contributed by atoms with Gasteiger partial charge < -0.3 is 9.84 Å². The highest BCUT2D eigenvalue weighted by Crippen LogP contribution is 2.30. The number of pyridine rings is 1. The van der Waals surface area contributed by atoms with E-state index in [1.54, 1.807) is 12.1 Å². The highest BCUT2D eigenvalue weighted by Gasteiger charge is 2.10. The maximum absolute atomic E-state index is 10.8. The van der Waals surface area contributed by atoms with E-state index in [-0.39, 0.29) is 5.69 Å². The Morgan fingerprint density at radius 1 is 1.38 bits per heavy atom. The zero-order valence-electron chi connectivity index (χ0n) is 8.40. The zero-order chi connectivity index (χ0) is 11.7. The van der Waals surface area contributed by atoms with Crippen molar-refractivity contribution in [3.63, 3.8) is 0 Å². The molecule has 0 unspecified atom stereocenters. The quantitative estimate of drug-likeness (QED) is 0.920. The van der Waals surface area contributed by atoms with Gasteiger partial charge in [0.15, 0.2) is 0 Å². The van der Waals surface area contributed by atoms with Crippen LogP contribution >= 0.6 is 15.9 Å². The number of carboxylic acid groups (broad SMARTS) is 1. The standard InChI is InChI=1S/C11H8BrNO3/c1-16-9-5-3-7(12)6-2-4-8(11(14)15)13-10(6)9/h2-5H,1H3,(H,14,15). The van der Waals surface area contributed by atoms with Gasteiger partial charge in [0.05, 0.1) is 7.11 Å². The number of carbonyl (C=O) groups is 1. The minimum atomic E-state index is -1.05. The van der Waals surface area contributed by atoms with Crippen molar-refractivity contribution in [2.45, 2.75) is 0 Å². The smallest absolute Gasteiger partial charge is 0.354 e. The van der Waals surface area contributed by atoms with Gasteiger partial charge in [0, 0.05) is 9.86 Å². The van der Waals surface area contributed by atoms with Crippen LogP contribution in [0.15, 0.2) is 28.7 Å². The fraction of sp³-hybridized carbons (Fsp3) is 0.0909. The van der Waals surface area contributed by atoms with Crippen LogP contribution in [-0.2, 0) is 0 Å². The molecule has 0 atom stereocenters. The van der Waals surface area contributed by atoms with Crippen LogP contribution in [0.4, 0.5) is 0 Å². The summed E-state index contributed by atoms with van der Waals surface area (Å²) >= 11 is 3.38. The topological polar surface area (TPSA) is 59.4 Å². The van der Waals surface area contributed by atoms with Crippen LogP contribution in [-0.4, -0.2) is 23.2 Å². The van der Waals surface area contributed by atoms with E-state index < -0.39 is 5.97 Å². The number of hydrogen-bond acceptors (Lipinski definition) is 3. The minimum absolute atomic E-state index is 0.00361. The molecule has 0 fully saturated rings. The summed E-state index contributed by atoms with van der Waals surface area (Å²) < 4.78 is 6.00. The van der Waals surface area contributed by atoms with Crippen LogP contribution in [0.2, 0.25) is 0 Å². The lowest BCUT2D eigenvalue weighted by atomic mass is 10.2. The Kier molecular flexibility index (Phi) is 2.78. The summed E-state index contributed by atoms with van der Waals surface area (Å²) in [6, 6.07) is 6.75. The molecule has 1 aromatic heterocycles. The predicted molar refractivity (Wildman–Crippen MR) is 63.0 cm³/mol. The molecule has 2 rings (SSSR count). The molecule has 5 heteroatoms. The molecule has 0 aliphatic rings. The Morgan fingerprint density at radius 3 is 2.75 bits per heavy atom. The number of benzene rings is 1. The number of carboxylic acids is 1. The van der Waals surface area contributed by atoms with Gasteiger partial charge in [0.1, 0.15) is 17.0 Å². The molecule has 0 spiro atoms. The highest BCUT2D eigenvalue weighted by atomic mass is 79.9. The molecule has 16 heavy (non-hydrogen) atoms. The second-order valence-electron chi connectivity index (χ2n) is 3.15. The average Bonchev–Trinajstić information content (AvgIpc) is 2.29. The highest BCUT2D eigenvalue weighted by molar-refractivity contribution is 9.10. The number of methoxy groups -OCH3 is 1. The first-order valence-electron chi connectivity index (χ1n) is 4.50. The van der Waals surface area contributed by atoms with Gasteiger partial charge in [0.25, 0.3) is 0 Å². The molecule has 0 saturated carbocycles. The first kappa shape index (κ1) is 10.9. The Morgan fingerprint density at radius 2 is 2.12 bits per heavy atom. The lowest BCUT2D eigenvalue weighted by Gasteiger charge is -2.06. The number of aromatic nitrogens is 1. The van der Waals surface area contributed by atoms with Crippen molar-refractivity contribution in [1.82, 2.24) is 4.98 Å². The summed E-state index contributed by atoms with van der Waals surface area (Å²) in [6.45, 7) is 0. The number of rotatable bonds is 2. The van der Waals surface area contributed by atoms with Crippen LogP contribution in [0, 0.1) is 0 Å². The molecule has 1 aromatic carbocycles. The third-order valence-corrected chi connectivity index (χ3v) is 2.90. The van der Waals surface area contributed by atoms with Crippen LogP contribution in [0.5, 0.6) is 5.75 Å². The summed E-state index contributed by atoms with van der Waals surface area (Å²) in [5.41, 5.74) is 0.542. The van der Waals surface area contributed by atoms with E-state index in [4.69, 9.17) is 9.84 Å². The molecule has 1 heterocycles. The zero-order valence-corrected chi connectivity index (χ0v) is 9.98. The monoisotopic (exact) mass is 281 g/mol. The van der Waals surface area contributed by atoms with Gasteiger partial charge >= 0.3 is 5.97 Å². The van der Waals surface area contributed by atoms with Crippen molar-refractivity contribution >= 4 is 32.8 Å². The number of ether oxygens (including phenoxy) is 1. The van der Waals surface area contributed by atoms with Crippen LogP contribution in [0.3, 0.4) is 0 Å². The first-order chi connectivity index (χ1) is 7.63. The van der Waals surface area contributed by atoms with E-state index >= 15 is 0 Å². The minimum Gasteiger partial charge on any atom is -0.494 e. The molecule has 0 radical (unpaired) electrons. The number of fused-ring (bicyclic) bond motifs is 1. The largest absolute Gasteiger partial charge is 0.494 e. The van der Waals surface area contributed by atoms with E-state index in [0.717, 1.165) is 9.86 Å². The normalized spacial score (nSPS) is 10.4. The van der Waals surface area contributed by atoms with Crippen molar-refractivity contribution < 1.29 is 14.6 Å². The van der Waals surface area contributed by atoms with Crippen LogP contribution in [0.25, 0.3) is 10.9 Å². The van der Waals surface area contributed by atoms with E-state index in [9.17, 15) is 4.79 Å². The molecule has 0 bridgehead atoms. The maximum atomic E-state index is 10.8. The van der Waals surface area contributed by atoms with E-state index in [1.807, 2.05) is 6.07 Å². The van der Waals surface area contributed by atoms with Crippen LogP contribution < -0.4 is 4.74 Å². The second kappa shape index (κ2) is 4.09. The number of aromatic carboxylic acids is 1. The van der Waals surface area contributed by atoms with Gasteiger partial charge in [-0.1, -0.05) is 15.9 Å². The Bertz CT molecular complexity index is 568. The second-order valence-corrected chi connectivity index (χ2v) is 4.00. The number of halogens is 1. The van der Waals surface area contributed by atoms with Crippen molar-refractivity contribution in [3.8, 4) is 5.75 Å². The maximum Gasteiger partial charge on any atom is 0.354 e. The molecule has 2 aromatic rings. The number of hydrogen-bond donors (Lipinski definition) is 1. The Labute approximate surface area is 100.0 Å². The predicted octanol–water partition coefficient (Wildman–Crippen LogP) is 2.70. The van der Waals surface area contributed by atoms with Gasteiger partial charge in [-0.3, -0.25) is 0 Å². The van der Waals surface area contributed by atoms with E-state index in [1.165, 1.54) is 13.2 Å². The van der Waals surface area contributed by atoms with Crippen molar-refractivity contribution in [2.75, 3.05) is 7.11 Å². The van der Waals surface area contributed by atoms with Gasteiger partial charge in [-0.2, -0.15) is 0 Å². The summed E-state index contributed by atoms with van der Waals surface area (Å²) in [5, 5.41) is 9.69. The summed E-state index contributed by atoms with van der Waals surface area (Å²) in [6.07, 6.45) is 0. The molecular formula is C11H8BrNO3. The van der Waals surface area contributed by atoms with Gasteiger partial charge in [-0.25, -0.2) is 9.78 Å². The fourth-order valence-corrected chi connectivity index (χ4v) is 1.89. The van der Waals surface area contributed by atoms with Gasteiger partial charge in [-0.05, 0) is 24.3 Å². The van der Waals surface area contributed by atoms with Crippen LogP contribution in [0.1, 0.15) is 10.5 Å². The van der Waals surface area contributed by atoms with Crippen molar-refractivity contribution in [2.24, 2.45) is 0 Å². The van der Waals surface area contributed by atoms with Gasteiger partial charge in [-0.15, -0.1) is 0 Å². The first-order valence-corrected chi connectivity index (χ1v) is 5.29. The SMILES string of the molecule is COc1ccc(Br)c2ccc(C(=O)O)nc12. The Balaban J connectivity index is 2.79. The Hall–Kier alpha value is -1.62. The molecular weight excluding hydrogens is 274 g/mol. The molecule has 0 saturated heterocycles. The summed E-state index contributed by atoms with van der Waals surface area (Å²) in [5.74, 6) is -0.495. The molecule has 0 aliphatic carbocycles. The van der Waals surface area contributed by atoms with Crippen molar-refractivity contribution in [3.05, 3.63) is 34.4 Å². The molecule has 4 nitrogen and oxygen atoms in total. The number of nitrogens with zero attached hydrogens (tertiary/aromatic N) is 1. The lowest BCUT2D eigenvalue weighted by molar-refractivity contribution is 0.0691. The molecule has 82 valence electrons. The fourth-order valence-electron chi connectivity index (χ4n) is 1.44. The van der Waals surface area contributed by atoms with E-state index in [0.29, 0.717) is 11.3 Å². The third kappa shape index (κ3) is 1.74. The molecule has 0 aliphatic heterocycles. The third-order valence-electron chi connectivity index (χ3n) is 2.21. The summed E-state index contributed by atoms with van der Waals surface area (Å²) in [7, 11) is 1.53. The van der Waals surface area contributed by atoms with E-state index in [2.05, 4.69) is 20.9 Å². The average molecular weight is 282 g/mol. The van der Waals surface area contributed by atoms with Crippen molar-refractivity contribution in [1.29, 1.82) is 0 Å². The lowest BCUT2D eigenvalue weighted by Crippen LogP contribution is -2.00. The van der Waals surface area contributed by atoms with Gasteiger partial charge in [0.2, 0.25) is 0 Å². The summed E-state index contributed by atoms with van der Waals surface area (Å²) in [4.78, 5) is 14.9.